The van der Waals surface area contributed by atoms with E-state index in [1.807, 2.05) is 0 Å². The van der Waals surface area contributed by atoms with Gasteiger partial charge in [0.15, 0.2) is 23.1 Å². The van der Waals surface area contributed by atoms with Crippen molar-refractivity contribution in [1.29, 1.82) is 0 Å². The first-order valence-corrected chi connectivity index (χ1v) is 17.4. The summed E-state index contributed by atoms with van der Waals surface area (Å²) in [5, 5.41) is 32.2. The molecule has 0 heterocycles. The van der Waals surface area contributed by atoms with E-state index in [4.69, 9.17) is 18.9 Å². The average molecular weight is 812 g/mol. The fourth-order valence-electron chi connectivity index (χ4n) is 6.60. The molecule has 0 aromatic heterocycles. The summed E-state index contributed by atoms with van der Waals surface area (Å²) in [4.78, 5) is 64.7. The Hall–Kier alpha value is -5.34. The largest absolute Gasteiger partial charge is 0.506 e. The maximum atomic E-state index is 16.2. The predicted octanol–water partition coefficient (Wildman–Crippen LogP) is 7.16. The lowest BCUT2D eigenvalue weighted by molar-refractivity contribution is -0.151. The molecule has 0 aliphatic heterocycles. The van der Waals surface area contributed by atoms with Crippen LogP contribution in [0.3, 0.4) is 0 Å². The van der Waals surface area contributed by atoms with Crippen molar-refractivity contribution in [1.82, 2.24) is 0 Å². The summed E-state index contributed by atoms with van der Waals surface area (Å²) >= 11 is 3.16. The highest BCUT2D eigenvalue weighted by Gasteiger charge is 2.48. The SMILES string of the molecule is CCc1c(C)c(C(=O)Oc2c(C)c(C)c(C(=O)O)c(C)c2C)c(C)c(F)c1OC(=O)c1c(C)c(C)c(OC(=O)[C@@]2(O)C(C)=CC(=O)C=C2OC)c(Br)c1O. The van der Waals surface area contributed by atoms with Gasteiger partial charge >= 0.3 is 23.9 Å². The molecule has 0 radical (unpaired) electrons. The molecule has 4 rings (SSSR count). The van der Waals surface area contributed by atoms with Crippen LogP contribution in [0.4, 0.5) is 4.39 Å². The first kappa shape index (κ1) is 41.4. The van der Waals surface area contributed by atoms with Crippen LogP contribution in [0.2, 0.25) is 0 Å². The van der Waals surface area contributed by atoms with Crippen LogP contribution in [0, 0.1) is 61.2 Å². The molecule has 0 fully saturated rings. The monoisotopic (exact) mass is 810 g/mol. The summed E-state index contributed by atoms with van der Waals surface area (Å²) in [6.07, 6.45) is 2.09. The molecule has 1 aliphatic carbocycles. The minimum absolute atomic E-state index is 0.0739. The van der Waals surface area contributed by atoms with Crippen LogP contribution in [0.25, 0.3) is 0 Å². The third kappa shape index (κ3) is 6.68. The van der Waals surface area contributed by atoms with E-state index in [0.717, 1.165) is 19.3 Å². The van der Waals surface area contributed by atoms with Crippen LogP contribution in [-0.2, 0) is 20.7 Å². The summed E-state index contributed by atoms with van der Waals surface area (Å²) in [5.74, 6) is -7.67. The number of benzene rings is 3. The van der Waals surface area contributed by atoms with Crippen molar-refractivity contribution in [3.8, 4) is 23.0 Å². The van der Waals surface area contributed by atoms with E-state index in [-0.39, 0.29) is 72.7 Å². The zero-order chi connectivity index (χ0) is 40.9. The van der Waals surface area contributed by atoms with Gasteiger partial charge in [0.25, 0.3) is 0 Å². The second-order valence-corrected chi connectivity index (χ2v) is 13.8. The molecule has 0 saturated heterocycles. The molecule has 3 N–H and O–H groups in total. The van der Waals surface area contributed by atoms with Gasteiger partial charge in [-0.1, -0.05) is 6.92 Å². The quantitative estimate of drug-likeness (QED) is 0.147. The van der Waals surface area contributed by atoms with Gasteiger partial charge in [-0.05, 0) is 135 Å². The highest BCUT2D eigenvalue weighted by molar-refractivity contribution is 9.10. The summed E-state index contributed by atoms with van der Waals surface area (Å²) < 4.78 is 38.0. The van der Waals surface area contributed by atoms with Crippen molar-refractivity contribution in [2.75, 3.05) is 7.11 Å². The number of allylic oxidation sites excluding steroid dienone is 2. The van der Waals surface area contributed by atoms with Gasteiger partial charge in [0, 0.05) is 17.2 Å². The maximum Gasteiger partial charge on any atom is 0.356 e. The number of rotatable bonds is 9. The molecule has 1 aliphatic rings. The van der Waals surface area contributed by atoms with Crippen molar-refractivity contribution in [3.63, 3.8) is 0 Å². The van der Waals surface area contributed by atoms with Gasteiger partial charge in [-0.15, -0.1) is 0 Å². The van der Waals surface area contributed by atoms with Crippen LogP contribution in [0.15, 0.2) is 28.0 Å². The second kappa shape index (κ2) is 15.2. The zero-order valence-electron chi connectivity index (χ0n) is 31.6. The number of carboxylic acids is 1. The maximum absolute atomic E-state index is 16.2. The van der Waals surface area contributed by atoms with Gasteiger partial charge < -0.3 is 34.3 Å². The number of methoxy groups -OCH3 is 1. The number of aliphatic hydroxyl groups is 1. The smallest absolute Gasteiger partial charge is 0.356 e. The molecular weight excluding hydrogens is 771 g/mol. The van der Waals surface area contributed by atoms with Crippen molar-refractivity contribution in [2.24, 2.45) is 0 Å². The van der Waals surface area contributed by atoms with E-state index in [9.17, 15) is 39.3 Å². The lowest BCUT2D eigenvalue weighted by Crippen LogP contribution is -2.47. The van der Waals surface area contributed by atoms with Gasteiger partial charge in [-0.3, -0.25) is 4.79 Å². The molecule has 14 heteroatoms. The van der Waals surface area contributed by atoms with Crippen molar-refractivity contribution in [2.45, 2.75) is 81.3 Å². The zero-order valence-corrected chi connectivity index (χ0v) is 33.2. The van der Waals surface area contributed by atoms with E-state index in [2.05, 4.69) is 15.9 Å². The molecule has 1 atom stereocenters. The molecule has 286 valence electrons. The number of carbonyl (C=O) groups excluding carboxylic acids is 4. The number of ether oxygens (including phenoxy) is 4. The number of phenols is 1. The molecule has 3 aromatic carbocycles. The van der Waals surface area contributed by atoms with E-state index in [1.54, 1.807) is 41.5 Å². The molecule has 0 bridgehead atoms. The third-order valence-corrected chi connectivity index (χ3v) is 10.9. The van der Waals surface area contributed by atoms with Gasteiger partial charge in [0.1, 0.15) is 27.3 Å². The Balaban J connectivity index is 1.73. The Morgan fingerprint density at radius 3 is 1.74 bits per heavy atom. The molecule has 0 unspecified atom stereocenters. The van der Waals surface area contributed by atoms with Gasteiger partial charge in [0.05, 0.1) is 18.2 Å². The number of phenolic OH excluding ortho intramolecular Hbond substituents is 1. The van der Waals surface area contributed by atoms with Crippen molar-refractivity contribution >= 4 is 45.6 Å². The molecule has 3 aromatic rings. The molecule has 0 spiro atoms. The third-order valence-electron chi connectivity index (χ3n) is 10.1. The van der Waals surface area contributed by atoms with Crippen LogP contribution in [0.5, 0.6) is 23.0 Å². The topological polar surface area (TPSA) is 183 Å². The van der Waals surface area contributed by atoms with E-state index in [0.29, 0.717) is 22.3 Å². The Bertz CT molecular complexity index is 2210. The number of halogens is 2. The standard InChI is InChI=1S/C40H40BrFO12/c1-12-25-22(9)28(37(47)52-33-19(6)16(3)27(36(45)46)17(4)20(33)7)23(10)31(42)35(25)53-38(48)29-18(5)21(8)34(30(41)32(29)44)54-39(49)40(50)15(2)13-24(43)14-26(40)51-11/h13-14,44,50H,12H2,1-11H3,(H,45,46)/t40-/m1/s1. The number of aromatic carboxylic acids is 1. The van der Waals surface area contributed by atoms with Gasteiger partial charge in [-0.2, -0.15) is 0 Å². The number of carboxylic acid groups (broad SMARTS) is 1. The van der Waals surface area contributed by atoms with Crippen LogP contribution < -0.4 is 14.2 Å². The average Bonchev–Trinajstić information content (AvgIpc) is 3.10. The van der Waals surface area contributed by atoms with Gasteiger partial charge in [0.2, 0.25) is 5.60 Å². The number of carbonyl (C=O) groups is 5. The lowest BCUT2D eigenvalue weighted by Gasteiger charge is -2.30. The number of hydrogen-bond acceptors (Lipinski definition) is 11. The Kier molecular flexibility index (Phi) is 11.6. The molecular formula is C40H40BrFO12. The molecule has 12 nitrogen and oxygen atoms in total. The fourth-order valence-corrected chi connectivity index (χ4v) is 7.18. The second-order valence-electron chi connectivity index (χ2n) is 13.0. The fraction of sp³-hybridized carbons (Fsp3) is 0.325. The Labute approximate surface area is 319 Å². The van der Waals surface area contributed by atoms with Crippen molar-refractivity contribution < 1.29 is 62.6 Å². The van der Waals surface area contributed by atoms with E-state index < -0.39 is 58.1 Å². The normalized spacial score (nSPS) is 15.3. The number of aromatic hydroxyl groups is 1. The minimum atomic E-state index is -2.47. The first-order chi connectivity index (χ1) is 25.1. The number of ketones is 1. The summed E-state index contributed by atoms with van der Waals surface area (Å²) in [7, 11) is 1.16. The highest BCUT2D eigenvalue weighted by Crippen LogP contribution is 2.44. The first-order valence-electron chi connectivity index (χ1n) is 16.6. The van der Waals surface area contributed by atoms with Crippen LogP contribution in [0.1, 0.15) is 95.0 Å². The minimum Gasteiger partial charge on any atom is -0.506 e. The van der Waals surface area contributed by atoms with Crippen molar-refractivity contribution in [3.05, 3.63) is 101 Å². The van der Waals surface area contributed by atoms with Crippen LogP contribution in [-0.4, -0.2) is 57.7 Å². The highest BCUT2D eigenvalue weighted by atomic mass is 79.9. The van der Waals surface area contributed by atoms with E-state index in [1.165, 1.54) is 27.7 Å². The van der Waals surface area contributed by atoms with Gasteiger partial charge in [-0.25, -0.2) is 23.6 Å². The molecule has 0 amide bonds. The molecule has 0 saturated carbocycles. The number of hydrogen-bond donors (Lipinski definition) is 3. The molecule has 54 heavy (non-hydrogen) atoms. The lowest BCUT2D eigenvalue weighted by atomic mass is 9.87. The Morgan fingerprint density at radius 1 is 0.722 bits per heavy atom. The predicted molar refractivity (Wildman–Crippen MR) is 197 cm³/mol. The number of esters is 3. The van der Waals surface area contributed by atoms with Crippen LogP contribution >= 0.6 is 15.9 Å². The summed E-state index contributed by atoms with van der Waals surface area (Å²) in [5.41, 5.74) is -0.739. The van der Waals surface area contributed by atoms with E-state index >= 15 is 4.39 Å². The summed E-state index contributed by atoms with van der Waals surface area (Å²) in [6, 6.07) is 0. The summed E-state index contributed by atoms with van der Waals surface area (Å²) in [6.45, 7) is 15.2. The Morgan fingerprint density at radius 2 is 1.22 bits per heavy atom.